The second-order valence-electron chi connectivity index (χ2n) is 6.15. The number of fused-ring (bicyclic) bond motifs is 1. The van der Waals surface area contributed by atoms with Gasteiger partial charge in [-0.1, -0.05) is 41.4 Å². The Morgan fingerprint density at radius 3 is 2.80 bits per heavy atom. The van der Waals surface area contributed by atoms with Gasteiger partial charge in [-0.3, -0.25) is 4.79 Å². The summed E-state index contributed by atoms with van der Waals surface area (Å²) in [5.74, 6) is -1.34. The zero-order valence-corrected chi connectivity index (χ0v) is 15.6. The van der Waals surface area contributed by atoms with Gasteiger partial charge in [0.2, 0.25) is 0 Å². The first-order valence-corrected chi connectivity index (χ1v) is 9.02. The summed E-state index contributed by atoms with van der Waals surface area (Å²) in [6.07, 6.45) is 3.15. The molecule has 0 fully saturated rings. The summed E-state index contributed by atoms with van der Waals surface area (Å²) >= 11 is 12.6. The molecule has 0 saturated carbocycles. The SMILES string of the molecule is CCOC(=O)C1=C(C)NC2=CCCC(=O)C2C1c1cccc(Cl)c1Cl. The lowest BCUT2D eigenvalue weighted by Crippen LogP contribution is -2.40. The number of allylic oxidation sites excluding steroid dienone is 3. The maximum Gasteiger partial charge on any atom is 0.336 e. The Kier molecular flexibility index (Phi) is 5.21. The van der Waals surface area contributed by atoms with E-state index < -0.39 is 17.8 Å². The van der Waals surface area contributed by atoms with Gasteiger partial charge in [0.15, 0.2) is 0 Å². The van der Waals surface area contributed by atoms with Gasteiger partial charge in [0.25, 0.3) is 0 Å². The van der Waals surface area contributed by atoms with E-state index in [-0.39, 0.29) is 12.4 Å². The molecule has 1 aromatic rings. The van der Waals surface area contributed by atoms with Crippen LogP contribution in [0.1, 0.15) is 38.2 Å². The van der Waals surface area contributed by atoms with E-state index in [1.54, 1.807) is 19.1 Å². The predicted octanol–water partition coefficient (Wildman–Crippen LogP) is 4.38. The van der Waals surface area contributed by atoms with Gasteiger partial charge in [-0.15, -0.1) is 0 Å². The Morgan fingerprint density at radius 2 is 2.08 bits per heavy atom. The molecule has 2 atom stereocenters. The minimum Gasteiger partial charge on any atom is -0.463 e. The van der Waals surface area contributed by atoms with Gasteiger partial charge in [-0.25, -0.2) is 4.79 Å². The number of esters is 1. The summed E-state index contributed by atoms with van der Waals surface area (Å²) in [5, 5.41) is 3.97. The number of carbonyl (C=O) groups is 2. The van der Waals surface area contributed by atoms with Gasteiger partial charge < -0.3 is 10.1 Å². The lowest BCUT2D eigenvalue weighted by molar-refractivity contribution is -0.139. The Hall–Kier alpha value is -1.78. The van der Waals surface area contributed by atoms with Crippen LogP contribution in [0.4, 0.5) is 0 Å². The molecule has 0 bridgehead atoms. The number of halogens is 2. The third-order valence-electron chi connectivity index (χ3n) is 4.63. The highest BCUT2D eigenvalue weighted by Crippen LogP contribution is 2.46. The summed E-state index contributed by atoms with van der Waals surface area (Å²) in [6.45, 7) is 3.82. The Bertz CT molecular complexity index is 798. The number of hydrogen-bond donors (Lipinski definition) is 1. The largest absolute Gasteiger partial charge is 0.463 e. The quantitative estimate of drug-likeness (QED) is 0.791. The molecule has 0 amide bonds. The summed E-state index contributed by atoms with van der Waals surface area (Å²) in [5.41, 5.74) is 2.60. The number of nitrogens with one attached hydrogen (secondary N) is 1. The van der Waals surface area contributed by atoms with Crippen molar-refractivity contribution in [1.82, 2.24) is 5.32 Å². The third-order valence-corrected chi connectivity index (χ3v) is 5.46. The molecule has 2 unspecified atom stereocenters. The summed E-state index contributed by atoms with van der Waals surface area (Å²) in [4.78, 5) is 25.4. The third kappa shape index (κ3) is 3.21. The molecule has 1 aromatic carbocycles. The molecule has 6 heteroatoms. The van der Waals surface area contributed by atoms with Crippen LogP contribution in [0, 0.1) is 5.92 Å². The van der Waals surface area contributed by atoms with Crippen molar-refractivity contribution in [2.24, 2.45) is 5.92 Å². The molecular formula is C19H19Cl2NO3. The summed E-state index contributed by atoms with van der Waals surface area (Å²) in [6, 6.07) is 5.28. The lowest BCUT2D eigenvalue weighted by Gasteiger charge is -2.38. The monoisotopic (exact) mass is 379 g/mol. The molecule has 2 aliphatic rings. The van der Waals surface area contributed by atoms with Crippen LogP contribution in [0.15, 0.2) is 41.2 Å². The van der Waals surface area contributed by atoms with E-state index in [0.29, 0.717) is 39.7 Å². The number of Topliss-reactive ketones (excluding diaryl/α,β-unsaturated/α-hetero) is 1. The average molecular weight is 380 g/mol. The molecule has 1 N–H and O–H groups in total. The molecule has 0 radical (unpaired) electrons. The van der Waals surface area contributed by atoms with Gasteiger partial charge in [0, 0.05) is 23.7 Å². The van der Waals surface area contributed by atoms with Crippen LogP contribution < -0.4 is 5.32 Å². The minimum atomic E-state index is -0.509. The highest BCUT2D eigenvalue weighted by atomic mass is 35.5. The van der Waals surface area contributed by atoms with Crippen molar-refractivity contribution in [3.63, 3.8) is 0 Å². The van der Waals surface area contributed by atoms with Crippen molar-refractivity contribution in [2.45, 2.75) is 32.6 Å². The summed E-state index contributed by atoms with van der Waals surface area (Å²) < 4.78 is 5.24. The van der Waals surface area contributed by atoms with Crippen molar-refractivity contribution in [3.8, 4) is 0 Å². The van der Waals surface area contributed by atoms with Crippen molar-refractivity contribution in [1.29, 1.82) is 0 Å². The second kappa shape index (κ2) is 7.22. The van der Waals surface area contributed by atoms with E-state index >= 15 is 0 Å². The van der Waals surface area contributed by atoms with Crippen LogP contribution in [0.2, 0.25) is 10.0 Å². The number of hydrogen-bond acceptors (Lipinski definition) is 4. The number of ketones is 1. The molecule has 1 aliphatic carbocycles. The fourth-order valence-electron chi connectivity index (χ4n) is 3.59. The summed E-state index contributed by atoms with van der Waals surface area (Å²) in [7, 11) is 0. The number of benzene rings is 1. The van der Waals surface area contributed by atoms with Gasteiger partial charge >= 0.3 is 5.97 Å². The molecule has 0 aromatic heterocycles. The standard InChI is InChI=1S/C19H19Cl2NO3/c1-3-25-19(24)15-10(2)22-13-8-5-9-14(23)17(13)16(15)11-6-4-7-12(20)18(11)21/h4,6-8,16-17,22H,3,5,9H2,1-2H3. The molecule has 0 spiro atoms. The number of carbonyl (C=O) groups excluding carboxylic acids is 2. The fraction of sp³-hybridized carbons (Fsp3) is 0.368. The molecule has 4 nitrogen and oxygen atoms in total. The number of ether oxygens (including phenoxy) is 1. The first kappa shape index (κ1) is 18.0. The van der Waals surface area contributed by atoms with Crippen molar-refractivity contribution in [3.05, 3.63) is 56.9 Å². The van der Waals surface area contributed by atoms with Gasteiger partial charge in [-0.2, -0.15) is 0 Å². The lowest BCUT2D eigenvalue weighted by atomic mass is 9.71. The molecule has 1 aliphatic heterocycles. The molecule has 132 valence electrons. The van der Waals surface area contributed by atoms with Crippen molar-refractivity contribution >= 4 is 35.0 Å². The molecule has 1 heterocycles. The average Bonchev–Trinajstić information content (AvgIpc) is 2.56. The Morgan fingerprint density at radius 1 is 1.32 bits per heavy atom. The molecule has 25 heavy (non-hydrogen) atoms. The van der Waals surface area contributed by atoms with Gasteiger partial charge in [-0.05, 0) is 31.9 Å². The van der Waals surface area contributed by atoms with E-state index in [4.69, 9.17) is 27.9 Å². The van der Waals surface area contributed by atoms with Crippen LogP contribution in [0.25, 0.3) is 0 Å². The fourth-order valence-corrected chi connectivity index (χ4v) is 4.01. The predicted molar refractivity (Wildman–Crippen MR) is 97.5 cm³/mol. The highest BCUT2D eigenvalue weighted by Gasteiger charge is 2.44. The number of rotatable bonds is 3. The van der Waals surface area contributed by atoms with E-state index in [1.165, 1.54) is 0 Å². The second-order valence-corrected chi connectivity index (χ2v) is 6.93. The van der Waals surface area contributed by atoms with Crippen LogP contribution >= 0.6 is 23.2 Å². The highest BCUT2D eigenvalue weighted by molar-refractivity contribution is 6.42. The Balaban J connectivity index is 2.22. The minimum absolute atomic E-state index is 0.0836. The van der Waals surface area contributed by atoms with Crippen molar-refractivity contribution < 1.29 is 14.3 Å². The van der Waals surface area contributed by atoms with Crippen LogP contribution in [0.5, 0.6) is 0 Å². The Labute approximate surface area is 156 Å². The maximum atomic E-state index is 12.7. The van der Waals surface area contributed by atoms with Gasteiger partial charge in [0.1, 0.15) is 5.78 Å². The van der Waals surface area contributed by atoms with E-state index in [0.717, 1.165) is 5.70 Å². The smallest absolute Gasteiger partial charge is 0.336 e. The van der Waals surface area contributed by atoms with Crippen LogP contribution in [-0.2, 0) is 14.3 Å². The molecule has 3 rings (SSSR count). The normalized spacial score (nSPS) is 22.9. The first-order valence-electron chi connectivity index (χ1n) is 8.27. The van der Waals surface area contributed by atoms with E-state index in [2.05, 4.69) is 5.32 Å². The first-order chi connectivity index (χ1) is 12.0. The van der Waals surface area contributed by atoms with Gasteiger partial charge in [0.05, 0.1) is 28.1 Å². The van der Waals surface area contributed by atoms with Crippen molar-refractivity contribution in [2.75, 3.05) is 6.61 Å². The molecule has 0 saturated heterocycles. The van der Waals surface area contributed by atoms with Crippen LogP contribution in [0.3, 0.4) is 0 Å². The van der Waals surface area contributed by atoms with E-state index in [9.17, 15) is 9.59 Å². The van der Waals surface area contributed by atoms with Crippen LogP contribution in [-0.4, -0.2) is 18.4 Å². The zero-order chi connectivity index (χ0) is 18.1. The molecular weight excluding hydrogens is 361 g/mol. The topological polar surface area (TPSA) is 55.4 Å². The maximum absolute atomic E-state index is 12.7. The zero-order valence-electron chi connectivity index (χ0n) is 14.1. The van der Waals surface area contributed by atoms with E-state index in [1.807, 2.05) is 19.1 Å².